The molecule has 0 aliphatic rings. The Morgan fingerprint density at radius 3 is 2.36 bits per heavy atom. The molecule has 4 nitrogen and oxygen atoms in total. The van der Waals surface area contributed by atoms with Gasteiger partial charge in [0.25, 0.3) is 0 Å². The molecular weight excluding hydrogens is 276 g/mol. The predicted octanol–water partition coefficient (Wildman–Crippen LogP) is 2.57. The lowest BCUT2D eigenvalue weighted by Gasteiger charge is -2.16. The second-order valence-electron chi connectivity index (χ2n) is 5.37. The van der Waals surface area contributed by atoms with Crippen LogP contribution in [0.2, 0.25) is 0 Å². The fourth-order valence-electron chi connectivity index (χ4n) is 2.12. The number of primary amides is 1. The van der Waals surface area contributed by atoms with Gasteiger partial charge in [-0.3, -0.25) is 4.79 Å². The molecule has 0 fully saturated rings. The van der Waals surface area contributed by atoms with Crippen molar-refractivity contribution in [2.24, 2.45) is 5.73 Å². The van der Waals surface area contributed by atoms with Gasteiger partial charge in [-0.15, -0.1) is 0 Å². The van der Waals surface area contributed by atoms with Crippen molar-refractivity contribution in [1.82, 2.24) is 4.90 Å². The van der Waals surface area contributed by atoms with Crippen LogP contribution in [-0.4, -0.2) is 24.4 Å². The zero-order valence-corrected chi connectivity index (χ0v) is 12.9. The number of amides is 1. The van der Waals surface area contributed by atoms with Crippen molar-refractivity contribution in [2.75, 3.05) is 13.6 Å². The third-order valence-corrected chi connectivity index (χ3v) is 3.36. The van der Waals surface area contributed by atoms with Crippen LogP contribution in [-0.2, 0) is 17.9 Å². The second kappa shape index (κ2) is 8.20. The molecule has 116 valence electrons. The fraction of sp³-hybridized carbons (Fsp3) is 0.278. The van der Waals surface area contributed by atoms with Crippen molar-refractivity contribution in [3.8, 4) is 5.75 Å². The van der Waals surface area contributed by atoms with E-state index in [0.29, 0.717) is 19.6 Å². The van der Waals surface area contributed by atoms with Crippen molar-refractivity contribution >= 4 is 5.91 Å². The molecular formula is C18H22N2O2. The van der Waals surface area contributed by atoms with Crippen LogP contribution in [0.25, 0.3) is 0 Å². The third-order valence-electron chi connectivity index (χ3n) is 3.36. The first-order valence-corrected chi connectivity index (χ1v) is 7.36. The Labute approximate surface area is 131 Å². The zero-order valence-electron chi connectivity index (χ0n) is 12.9. The first-order valence-electron chi connectivity index (χ1n) is 7.36. The van der Waals surface area contributed by atoms with E-state index in [1.54, 1.807) is 0 Å². The van der Waals surface area contributed by atoms with Gasteiger partial charge >= 0.3 is 0 Å². The lowest BCUT2D eigenvalue weighted by Crippen LogP contribution is -2.24. The van der Waals surface area contributed by atoms with E-state index < -0.39 is 0 Å². The predicted molar refractivity (Wildman–Crippen MR) is 87.4 cm³/mol. The van der Waals surface area contributed by atoms with Crippen molar-refractivity contribution in [1.29, 1.82) is 0 Å². The van der Waals surface area contributed by atoms with Gasteiger partial charge in [-0.05, 0) is 30.3 Å². The number of benzene rings is 2. The molecule has 0 aliphatic heterocycles. The fourth-order valence-corrected chi connectivity index (χ4v) is 2.12. The Morgan fingerprint density at radius 1 is 1.05 bits per heavy atom. The summed E-state index contributed by atoms with van der Waals surface area (Å²) in [7, 11) is 1.97. The first kappa shape index (κ1) is 16.0. The van der Waals surface area contributed by atoms with Gasteiger partial charge in [-0.2, -0.15) is 0 Å². The topological polar surface area (TPSA) is 55.6 Å². The highest BCUT2D eigenvalue weighted by molar-refractivity contribution is 5.73. The molecule has 0 saturated heterocycles. The van der Waals surface area contributed by atoms with Gasteiger partial charge in [0.1, 0.15) is 12.4 Å². The maximum Gasteiger partial charge on any atom is 0.218 e. The SMILES string of the molecule is CN(CCC(N)=O)Cc1ccc(OCc2ccccc2)cc1. The van der Waals surface area contributed by atoms with Crippen molar-refractivity contribution in [2.45, 2.75) is 19.6 Å². The van der Waals surface area contributed by atoms with Crippen LogP contribution in [0.4, 0.5) is 0 Å². The normalized spacial score (nSPS) is 10.6. The smallest absolute Gasteiger partial charge is 0.218 e. The summed E-state index contributed by atoms with van der Waals surface area (Å²) >= 11 is 0. The van der Waals surface area contributed by atoms with Gasteiger partial charge in [0.2, 0.25) is 5.91 Å². The molecule has 0 radical (unpaired) electrons. The van der Waals surface area contributed by atoms with Crippen LogP contribution in [0, 0.1) is 0 Å². The summed E-state index contributed by atoms with van der Waals surface area (Å²) < 4.78 is 5.76. The molecule has 22 heavy (non-hydrogen) atoms. The second-order valence-corrected chi connectivity index (χ2v) is 5.37. The highest BCUT2D eigenvalue weighted by Gasteiger charge is 2.03. The highest BCUT2D eigenvalue weighted by Crippen LogP contribution is 2.15. The maximum absolute atomic E-state index is 10.8. The van der Waals surface area contributed by atoms with Crippen LogP contribution >= 0.6 is 0 Å². The maximum atomic E-state index is 10.8. The molecule has 2 rings (SSSR count). The molecule has 0 aliphatic carbocycles. The summed E-state index contributed by atoms with van der Waals surface area (Å²) in [4.78, 5) is 12.8. The molecule has 2 aromatic rings. The summed E-state index contributed by atoms with van der Waals surface area (Å²) in [5.74, 6) is 0.587. The van der Waals surface area contributed by atoms with E-state index in [4.69, 9.17) is 10.5 Å². The highest BCUT2D eigenvalue weighted by atomic mass is 16.5. The average Bonchev–Trinajstić information content (AvgIpc) is 2.53. The van der Waals surface area contributed by atoms with E-state index in [0.717, 1.165) is 17.9 Å². The number of nitrogens with two attached hydrogens (primary N) is 1. The summed E-state index contributed by atoms with van der Waals surface area (Å²) in [6.07, 6.45) is 0.384. The Morgan fingerprint density at radius 2 is 1.73 bits per heavy atom. The van der Waals surface area contributed by atoms with E-state index >= 15 is 0 Å². The summed E-state index contributed by atoms with van der Waals surface area (Å²) in [5, 5.41) is 0. The van der Waals surface area contributed by atoms with Crippen LogP contribution in [0.1, 0.15) is 17.5 Å². The van der Waals surface area contributed by atoms with Gasteiger partial charge in [-0.25, -0.2) is 0 Å². The number of rotatable bonds is 8. The van der Waals surface area contributed by atoms with Crippen molar-refractivity contribution in [3.05, 3.63) is 65.7 Å². The number of ether oxygens (including phenoxy) is 1. The lowest BCUT2D eigenvalue weighted by atomic mass is 10.2. The lowest BCUT2D eigenvalue weighted by molar-refractivity contribution is -0.118. The van der Waals surface area contributed by atoms with Crippen LogP contribution in [0.15, 0.2) is 54.6 Å². The minimum absolute atomic E-state index is 0.267. The minimum atomic E-state index is -0.267. The molecule has 1 amide bonds. The van der Waals surface area contributed by atoms with E-state index in [1.165, 1.54) is 5.56 Å². The molecule has 0 heterocycles. The van der Waals surface area contributed by atoms with E-state index in [9.17, 15) is 4.79 Å². The molecule has 0 aromatic heterocycles. The monoisotopic (exact) mass is 298 g/mol. The Balaban J connectivity index is 1.81. The summed E-state index contributed by atoms with van der Waals surface area (Å²) in [6, 6.07) is 18.1. The Hall–Kier alpha value is -2.33. The van der Waals surface area contributed by atoms with Gasteiger partial charge < -0.3 is 15.4 Å². The van der Waals surface area contributed by atoms with Crippen LogP contribution < -0.4 is 10.5 Å². The molecule has 2 N–H and O–H groups in total. The van der Waals surface area contributed by atoms with E-state index in [1.807, 2.05) is 61.6 Å². The molecule has 0 unspecified atom stereocenters. The standard InChI is InChI=1S/C18H22N2O2/c1-20(12-11-18(19)21)13-15-7-9-17(10-8-15)22-14-16-5-3-2-4-6-16/h2-10H,11-14H2,1H3,(H2,19,21). The van der Waals surface area contributed by atoms with E-state index in [2.05, 4.69) is 4.90 Å². The molecule has 0 saturated carbocycles. The third kappa shape index (κ3) is 5.58. The molecule has 0 spiro atoms. The van der Waals surface area contributed by atoms with Gasteiger partial charge in [0.15, 0.2) is 0 Å². The minimum Gasteiger partial charge on any atom is -0.489 e. The van der Waals surface area contributed by atoms with Crippen LogP contribution in [0.5, 0.6) is 5.75 Å². The molecule has 4 heteroatoms. The molecule has 0 bridgehead atoms. The Bertz CT molecular complexity index is 582. The molecule has 2 aromatic carbocycles. The van der Waals surface area contributed by atoms with Crippen LogP contribution in [0.3, 0.4) is 0 Å². The van der Waals surface area contributed by atoms with Gasteiger partial charge in [-0.1, -0.05) is 42.5 Å². The number of hydrogen-bond donors (Lipinski definition) is 1. The quantitative estimate of drug-likeness (QED) is 0.815. The Kier molecular flexibility index (Phi) is 5.98. The van der Waals surface area contributed by atoms with Gasteiger partial charge in [0.05, 0.1) is 0 Å². The molecule has 0 atom stereocenters. The van der Waals surface area contributed by atoms with Crippen molar-refractivity contribution < 1.29 is 9.53 Å². The van der Waals surface area contributed by atoms with Crippen molar-refractivity contribution in [3.63, 3.8) is 0 Å². The summed E-state index contributed by atoms with van der Waals surface area (Å²) in [5.41, 5.74) is 7.48. The first-order chi connectivity index (χ1) is 10.6. The average molecular weight is 298 g/mol. The zero-order chi connectivity index (χ0) is 15.8. The summed E-state index contributed by atoms with van der Waals surface area (Å²) in [6.45, 7) is 2.02. The number of carbonyl (C=O) groups is 1. The number of nitrogens with zero attached hydrogens (tertiary/aromatic N) is 1. The number of carbonyl (C=O) groups excluding carboxylic acids is 1. The number of hydrogen-bond acceptors (Lipinski definition) is 3. The largest absolute Gasteiger partial charge is 0.489 e. The van der Waals surface area contributed by atoms with E-state index in [-0.39, 0.29) is 5.91 Å². The van der Waals surface area contributed by atoms with Gasteiger partial charge in [0, 0.05) is 19.5 Å².